The van der Waals surface area contributed by atoms with Crippen LogP contribution in [0.25, 0.3) is 0 Å². The molecule has 0 fully saturated rings. The SMILES string of the molecule is Cc1ccc(C)n1CC(=O)NCc1ccccc1F. The van der Waals surface area contributed by atoms with Crippen LogP contribution in [-0.2, 0) is 17.9 Å². The first-order valence-electron chi connectivity index (χ1n) is 6.21. The third kappa shape index (κ3) is 3.22. The molecule has 3 nitrogen and oxygen atoms in total. The number of benzene rings is 1. The molecule has 4 heteroatoms. The maximum absolute atomic E-state index is 13.4. The molecule has 1 heterocycles. The molecule has 0 atom stereocenters. The molecule has 1 amide bonds. The van der Waals surface area contributed by atoms with Crippen LogP contribution < -0.4 is 5.32 Å². The molecule has 0 radical (unpaired) electrons. The average molecular weight is 260 g/mol. The lowest BCUT2D eigenvalue weighted by Crippen LogP contribution is -2.28. The number of halogens is 1. The molecule has 0 saturated carbocycles. The second-order valence-corrected chi connectivity index (χ2v) is 4.57. The Labute approximate surface area is 112 Å². The number of carbonyl (C=O) groups is 1. The van der Waals surface area contributed by atoms with E-state index in [4.69, 9.17) is 0 Å². The minimum atomic E-state index is -0.295. The maximum atomic E-state index is 13.4. The van der Waals surface area contributed by atoms with Crippen LogP contribution in [-0.4, -0.2) is 10.5 Å². The van der Waals surface area contributed by atoms with Gasteiger partial charge in [-0.1, -0.05) is 18.2 Å². The molecule has 0 aliphatic rings. The van der Waals surface area contributed by atoms with E-state index in [2.05, 4.69) is 5.32 Å². The number of aryl methyl sites for hydroxylation is 2. The third-order valence-corrected chi connectivity index (χ3v) is 3.15. The monoisotopic (exact) mass is 260 g/mol. The van der Waals surface area contributed by atoms with Crippen molar-refractivity contribution < 1.29 is 9.18 Å². The number of carbonyl (C=O) groups excluding carboxylic acids is 1. The highest BCUT2D eigenvalue weighted by Crippen LogP contribution is 2.08. The fraction of sp³-hybridized carbons (Fsp3) is 0.267. The molecule has 0 bridgehead atoms. The quantitative estimate of drug-likeness (QED) is 0.900. The number of hydrogen-bond donors (Lipinski definition) is 1. The Kier molecular flexibility index (Phi) is 4.00. The molecule has 100 valence electrons. The molecule has 0 aliphatic heterocycles. The van der Waals surface area contributed by atoms with E-state index >= 15 is 0 Å². The Hall–Kier alpha value is -2.10. The van der Waals surface area contributed by atoms with Gasteiger partial charge in [0, 0.05) is 23.5 Å². The van der Waals surface area contributed by atoms with Gasteiger partial charge in [0.05, 0.1) is 0 Å². The van der Waals surface area contributed by atoms with E-state index in [-0.39, 0.29) is 24.8 Å². The molecular formula is C15H17FN2O. The fourth-order valence-corrected chi connectivity index (χ4v) is 1.98. The molecule has 0 saturated heterocycles. The zero-order chi connectivity index (χ0) is 13.8. The lowest BCUT2D eigenvalue weighted by atomic mass is 10.2. The number of hydrogen-bond acceptors (Lipinski definition) is 1. The Morgan fingerprint density at radius 1 is 1.16 bits per heavy atom. The summed E-state index contributed by atoms with van der Waals surface area (Å²) < 4.78 is 15.3. The predicted octanol–water partition coefficient (Wildman–Crippen LogP) is 2.56. The van der Waals surface area contributed by atoms with Crippen LogP contribution in [0.3, 0.4) is 0 Å². The average Bonchev–Trinajstić information content (AvgIpc) is 2.70. The van der Waals surface area contributed by atoms with E-state index in [1.165, 1.54) is 6.07 Å². The van der Waals surface area contributed by atoms with Crippen molar-refractivity contribution in [3.8, 4) is 0 Å². The second kappa shape index (κ2) is 5.69. The van der Waals surface area contributed by atoms with Gasteiger partial charge in [0.25, 0.3) is 0 Å². The van der Waals surface area contributed by atoms with Crippen LogP contribution in [0.1, 0.15) is 17.0 Å². The van der Waals surface area contributed by atoms with Gasteiger partial charge in [-0.15, -0.1) is 0 Å². The topological polar surface area (TPSA) is 34.0 Å². The lowest BCUT2D eigenvalue weighted by Gasteiger charge is -2.10. The standard InChI is InChI=1S/C15H17FN2O/c1-11-7-8-12(2)18(11)10-15(19)17-9-13-5-3-4-6-14(13)16/h3-8H,9-10H2,1-2H3,(H,17,19). The van der Waals surface area contributed by atoms with Crippen molar-refractivity contribution in [3.63, 3.8) is 0 Å². The number of rotatable bonds is 4. The van der Waals surface area contributed by atoms with Gasteiger partial charge < -0.3 is 9.88 Å². The molecule has 1 N–H and O–H groups in total. The maximum Gasteiger partial charge on any atom is 0.240 e. The van der Waals surface area contributed by atoms with E-state index < -0.39 is 0 Å². The van der Waals surface area contributed by atoms with Crippen LogP contribution in [0.4, 0.5) is 4.39 Å². The van der Waals surface area contributed by atoms with E-state index in [1.54, 1.807) is 18.2 Å². The van der Waals surface area contributed by atoms with Crippen LogP contribution >= 0.6 is 0 Å². The lowest BCUT2D eigenvalue weighted by molar-refractivity contribution is -0.121. The first kappa shape index (κ1) is 13.3. The minimum Gasteiger partial charge on any atom is -0.350 e. The summed E-state index contributed by atoms with van der Waals surface area (Å²) in [6.45, 7) is 4.39. The number of amides is 1. The van der Waals surface area contributed by atoms with Crippen molar-refractivity contribution in [2.75, 3.05) is 0 Å². The van der Waals surface area contributed by atoms with Crippen molar-refractivity contribution in [1.82, 2.24) is 9.88 Å². The zero-order valence-electron chi connectivity index (χ0n) is 11.1. The summed E-state index contributed by atoms with van der Waals surface area (Å²) in [5.41, 5.74) is 2.58. The van der Waals surface area contributed by atoms with E-state index in [0.717, 1.165) is 11.4 Å². The van der Waals surface area contributed by atoms with E-state index in [0.29, 0.717) is 5.56 Å². The van der Waals surface area contributed by atoms with Gasteiger partial charge in [-0.25, -0.2) is 4.39 Å². The first-order chi connectivity index (χ1) is 9.08. The summed E-state index contributed by atoms with van der Waals surface area (Å²) in [5, 5.41) is 2.73. The van der Waals surface area contributed by atoms with Crippen molar-refractivity contribution in [2.24, 2.45) is 0 Å². The summed E-state index contributed by atoms with van der Waals surface area (Å²) in [5.74, 6) is -0.415. The Balaban J connectivity index is 1.94. The second-order valence-electron chi connectivity index (χ2n) is 4.57. The summed E-state index contributed by atoms with van der Waals surface area (Å²) in [6, 6.07) is 10.4. The van der Waals surface area contributed by atoms with Crippen molar-refractivity contribution in [3.05, 3.63) is 59.2 Å². The smallest absolute Gasteiger partial charge is 0.240 e. The van der Waals surface area contributed by atoms with Gasteiger partial charge in [-0.3, -0.25) is 4.79 Å². The minimum absolute atomic E-state index is 0.120. The van der Waals surface area contributed by atoms with Gasteiger partial charge in [-0.05, 0) is 32.0 Å². The van der Waals surface area contributed by atoms with Crippen molar-refractivity contribution >= 4 is 5.91 Å². The Morgan fingerprint density at radius 3 is 2.42 bits per heavy atom. The van der Waals surface area contributed by atoms with Gasteiger partial charge in [-0.2, -0.15) is 0 Å². The van der Waals surface area contributed by atoms with Crippen LogP contribution in [0.15, 0.2) is 36.4 Å². The number of nitrogens with one attached hydrogen (secondary N) is 1. The van der Waals surface area contributed by atoms with Crippen LogP contribution in [0.2, 0.25) is 0 Å². The normalized spacial score (nSPS) is 10.5. The largest absolute Gasteiger partial charge is 0.350 e. The molecule has 19 heavy (non-hydrogen) atoms. The van der Waals surface area contributed by atoms with Gasteiger partial charge >= 0.3 is 0 Å². The Bertz CT molecular complexity index is 570. The predicted molar refractivity (Wildman–Crippen MR) is 72.2 cm³/mol. The molecular weight excluding hydrogens is 243 g/mol. The van der Waals surface area contributed by atoms with E-state index in [1.807, 2.05) is 30.5 Å². The zero-order valence-corrected chi connectivity index (χ0v) is 11.1. The summed E-state index contributed by atoms with van der Waals surface area (Å²) >= 11 is 0. The van der Waals surface area contributed by atoms with Gasteiger partial charge in [0.1, 0.15) is 12.4 Å². The first-order valence-corrected chi connectivity index (χ1v) is 6.21. The highest BCUT2D eigenvalue weighted by atomic mass is 19.1. The summed E-state index contributed by atoms with van der Waals surface area (Å²) in [4.78, 5) is 11.8. The summed E-state index contributed by atoms with van der Waals surface area (Å²) in [7, 11) is 0. The summed E-state index contributed by atoms with van der Waals surface area (Å²) in [6.07, 6.45) is 0. The van der Waals surface area contributed by atoms with Gasteiger partial charge in [0.2, 0.25) is 5.91 Å². The highest BCUT2D eigenvalue weighted by Gasteiger charge is 2.08. The van der Waals surface area contributed by atoms with Crippen LogP contribution in [0.5, 0.6) is 0 Å². The van der Waals surface area contributed by atoms with Gasteiger partial charge in [0.15, 0.2) is 0 Å². The highest BCUT2D eigenvalue weighted by molar-refractivity contribution is 5.75. The molecule has 1 aromatic carbocycles. The molecule has 0 aliphatic carbocycles. The van der Waals surface area contributed by atoms with E-state index in [9.17, 15) is 9.18 Å². The number of nitrogens with zero attached hydrogens (tertiary/aromatic N) is 1. The fourth-order valence-electron chi connectivity index (χ4n) is 1.98. The number of aromatic nitrogens is 1. The molecule has 2 aromatic rings. The molecule has 0 unspecified atom stereocenters. The molecule has 0 spiro atoms. The molecule has 2 rings (SSSR count). The third-order valence-electron chi connectivity index (χ3n) is 3.15. The van der Waals surface area contributed by atoms with Crippen molar-refractivity contribution in [2.45, 2.75) is 26.9 Å². The van der Waals surface area contributed by atoms with Crippen molar-refractivity contribution in [1.29, 1.82) is 0 Å². The molecule has 1 aromatic heterocycles. The van der Waals surface area contributed by atoms with Crippen LogP contribution in [0, 0.1) is 19.7 Å². The Morgan fingerprint density at radius 2 is 1.79 bits per heavy atom.